The molecule has 174 valence electrons. The van der Waals surface area contributed by atoms with Crippen LogP contribution in [0.3, 0.4) is 0 Å². The van der Waals surface area contributed by atoms with E-state index in [1.165, 1.54) is 0 Å². The van der Waals surface area contributed by atoms with Gasteiger partial charge in [0.05, 0.1) is 34.2 Å². The predicted molar refractivity (Wildman–Crippen MR) is 156 cm³/mol. The van der Waals surface area contributed by atoms with Crippen molar-refractivity contribution in [2.75, 3.05) is 0 Å². The van der Waals surface area contributed by atoms with Crippen molar-refractivity contribution in [1.82, 2.24) is 4.98 Å². The monoisotopic (exact) mass is 593 g/mol. The zero-order valence-corrected chi connectivity index (χ0v) is 22.4. The zero-order chi connectivity index (χ0) is 24.7. The molecule has 0 saturated heterocycles. The molecule has 5 rings (SSSR count). The molecule has 0 bridgehead atoms. The second kappa shape index (κ2) is 11.4. The second-order valence-electron chi connectivity index (χ2n) is 7.96. The van der Waals surface area contributed by atoms with Gasteiger partial charge in [0.15, 0.2) is 0 Å². The van der Waals surface area contributed by atoms with Crippen LogP contribution < -0.4 is 0 Å². The van der Waals surface area contributed by atoms with E-state index in [9.17, 15) is 0 Å². The number of hydrogen-bond donors (Lipinski definition) is 0. The SMILES string of the molecule is Brc1ccccc1N=C(c1ccccc1)c1cccc(C(=Nc2ccccc2Br)c2ccccc2)n1. The number of aliphatic imine (C=N–C) groups is 2. The van der Waals surface area contributed by atoms with Gasteiger partial charge in [-0.1, -0.05) is 91.0 Å². The molecular formula is C31H21Br2N3. The summed E-state index contributed by atoms with van der Waals surface area (Å²) in [5.41, 5.74) is 6.77. The minimum atomic E-state index is 0.769. The number of para-hydroxylation sites is 2. The standard InChI is InChI=1S/C31H21Br2N3/c32-24-16-7-9-18-26(24)35-30(22-12-3-1-4-13-22)28-20-11-21-29(34-28)31(23-14-5-2-6-15-23)36-27-19-10-8-17-25(27)33/h1-21H. The molecule has 0 amide bonds. The fourth-order valence-corrected chi connectivity index (χ4v) is 4.50. The van der Waals surface area contributed by atoms with Gasteiger partial charge in [0, 0.05) is 20.1 Å². The summed E-state index contributed by atoms with van der Waals surface area (Å²) >= 11 is 7.26. The summed E-state index contributed by atoms with van der Waals surface area (Å²) in [4.78, 5) is 15.1. The van der Waals surface area contributed by atoms with Gasteiger partial charge in [0.1, 0.15) is 0 Å². The van der Waals surface area contributed by atoms with Crippen LogP contribution in [0.25, 0.3) is 0 Å². The lowest BCUT2D eigenvalue weighted by Crippen LogP contribution is -2.11. The van der Waals surface area contributed by atoms with Gasteiger partial charge < -0.3 is 0 Å². The number of halogens is 2. The van der Waals surface area contributed by atoms with E-state index >= 15 is 0 Å². The average molecular weight is 595 g/mol. The largest absolute Gasteiger partial charge is 0.245 e. The van der Waals surface area contributed by atoms with Crippen molar-refractivity contribution in [1.29, 1.82) is 0 Å². The highest BCUT2D eigenvalue weighted by Gasteiger charge is 2.15. The fourth-order valence-electron chi connectivity index (χ4n) is 3.76. The Balaban J connectivity index is 1.69. The minimum Gasteiger partial charge on any atom is -0.245 e. The van der Waals surface area contributed by atoms with Gasteiger partial charge in [-0.25, -0.2) is 15.0 Å². The molecule has 1 heterocycles. The lowest BCUT2D eigenvalue weighted by molar-refractivity contribution is 1.24. The maximum absolute atomic E-state index is 5.09. The minimum absolute atomic E-state index is 0.769. The van der Waals surface area contributed by atoms with Crippen molar-refractivity contribution in [3.05, 3.63) is 159 Å². The summed E-state index contributed by atoms with van der Waals surface area (Å²) in [5.74, 6) is 0. The lowest BCUT2D eigenvalue weighted by Gasteiger charge is -2.12. The molecule has 0 unspecified atom stereocenters. The van der Waals surface area contributed by atoms with Crippen LogP contribution in [0.4, 0.5) is 11.4 Å². The average Bonchev–Trinajstić information content (AvgIpc) is 2.93. The number of pyridine rings is 1. The molecule has 0 aliphatic rings. The molecule has 36 heavy (non-hydrogen) atoms. The van der Waals surface area contributed by atoms with Crippen LogP contribution in [0.15, 0.2) is 146 Å². The van der Waals surface area contributed by atoms with Gasteiger partial charge in [-0.2, -0.15) is 0 Å². The van der Waals surface area contributed by atoms with Crippen molar-refractivity contribution >= 4 is 54.7 Å². The number of rotatable bonds is 6. The molecular weight excluding hydrogens is 574 g/mol. The van der Waals surface area contributed by atoms with E-state index in [1.54, 1.807) is 0 Å². The highest BCUT2D eigenvalue weighted by molar-refractivity contribution is 9.11. The third kappa shape index (κ3) is 5.59. The summed E-state index contributed by atoms with van der Waals surface area (Å²) in [6, 6.07) is 42.1. The summed E-state index contributed by atoms with van der Waals surface area (Å²) in [6.07, 6.45) is 0. The summed E-state index contributed by atoms with van der Waals surface area (Å²) < 4.78 is 1.85. The normalized spacial score (nSPS) is 11.9. The van der Waals surface area contributed by atoms with Crippen LogP contribution >= 0.6 is 31.9 Å². The number of aromatic nitrogens is 1. The molecule has 0 fully saturated rings. The Morgan fingerprint density at radius 1 is 0.444 bits per heavy atom. The molecule has 5 aromatic rings. The predicted octanol–water partition coefficient (Wildman–Crippen LogP) is 8.94. The van der Waals surface area contributed by atoms with Crippen LogP contribution in [-0.4, -0.2) is 16.4 Å². The van der Waals surface area contributed by atoms with Gasteiger partial charge in [0.2, 0.25) is 0 Å². The molecule has 3 nitrogen and oxygen atoms in total. The zero-order valence-electron chi connectivity index (χ0n) is 19.2. The summed E-state index contributed by atoms with van der Waals surface area (Å²) in [5, 5.41) is 0. The smallest absolute Gasteiger partial charge is 0.0966 e. The van der Waals surface area contributed by atoms with E-state index in [1.807, 2.05) is 103 Å². The Kier molecular flexibility index (Phi) is 7.60. The first-order valence-corrected chi connectivity index (χ1v) is 13.0. The Morgan fingerprint density at radius 3 is 1.25 bits per heavy atom. The summed E-state index contributed by atoms with van der Waals surface area (Å²) in [6.45, 7) is 0. The fraction of sp³-hybridized carbons (Fsp3) is 0. The molecule has 5 heteroatoms. The van der Waals surface area contributed by atoms with E-state index in [-0.39, 0.29) is 0 Å². The topological polar surface area (TPSA) is 37.6 Å². The molecule has 0 radical (unpaired) electrons. The number of nitrogens with zero attached hydrogens (tertiary/aromatic N) is 3. The highest BCUT2D eigenvalue weighted by atomic mass is 79.9. The molecule has 0 atom stereocenters. The molecule has 0 N–H and O–H groups in total. The number of hydrogen-bond acceptors (Lipinski definition) is 3. The van der Waals surface area contributed by atoms with Crippen LogP contribution in [0.2, 0.25) is 0 Å². The first-order valence-electron chi connectivity index (χ1n) is 11.4. The van der Waals surface area contributed by atoms with Gasteiger partial charge >= 0.3 is 0 Å². The maximum Gasteiger partial charge on any atom is 0.0966 e. The van der Waals surface area contributed by atoms with E-state index < -0.39 is 0 Å². The Hall–Kier alpha value is -3.67. The molecule has 4 aromatic carbocycles. The van der Waals surface area contributed by atoms with Crippen molar-refractivity contribution < 1.29 is 0 Å². The van der Waals surface area contributed by atoms with Crippen LogP contribution in [0.1, 0.15) is 22.5 Å². The Labute approximate surface area is 227 Å². The van der Waals surface area contributed by atoms with Gasteiger partial charge in [-0.15, -0.1) is 0 Å². The third-order valence-corrected chi connectivity index (χ3v) is 6.84. The van der Waals surface area contributed by atoms with Crippen LogP contribution in [-0.2, 0) is 0 Å². The van der Waals surface area contributed by atoms with Crippen molar-refractivity contribution in [3.8, 4) is 0 Å². The van der Waals surface area contributed by atoms with Crippen molar-refractivity contribution in [2.45, 2.75) is 0 Å². The van der Waals surface area contributed by atoms with Crippen LogP contribution in [0, 0.1) is 0 Å². The van der Waals surface area contributed by atoms with E-state index in [4.69, 9.17) is 15.0 Å². The third-order valence-electron chi connectivity index (χ3n) is 5.50. The van der Waals surface area contributed by atoms with Crippen molar-refractivity contribution in [3.63, 3.8) is 0 Å². The van der Waals surface area contributed by atoms with Crippen LogP contribution in [0.5, 0.6) is 0 Å². The highest BCUT2D eigenvalue weighted by Crippen LogP contribution is 2.28. The lowest BCUT2D eigenvalue weighted by atomic mass is 10.0. The molecule has 0 aliphatic carbocycles. The van der Waals surface area contributed by atoms with Gasteiger partial charge in [-0.05, 0) is 68.3 Å². The molecule has 1 aromatic heterocycles. The van der Waals surface area contributed by atoms with E-state index in [0.29, 0.717) is 0 Å². The quantitative estimate of drug-likeness (QED) is 0.181. The van der Waals surface area contributed by atoms with Gasteiger partial charge in [0.25, 0.3) is 0 Å². The molecule has 0 aliphatic heterocycles. The first-order chi connectivity index (χ1) is 17.7. The maximum atomic E-state index is 5.09. The van der Waals surface area contributed by atoms with E-state index in [0.717, 1.165) is 54.3 Å². The number of benzene rings is 4. The molecule has 0 spiro atoms. The Bertz CT molecular complexity index is 1430. The molecule has 0 saturated carbocycles. The van der Waals surface area contributed by atoms with Gasteiger partial charge in [-0.3, -0.25) is 0 Å². The van der Waals surface area contributed by atoms with Crippen molar-refractivity contribution in [2.24, 2.45) is 9.98 Å². The first kappa shape index (κ1) is 24.0. The summed E-state index contributed by atoms with van der Waals surface area (Å²) in [7, 11) is 0. The van der Waals surface area contributed by atoms with E-state index in [2.05, 4.69) is 56.1 Å². The Morgan fingerprint density at radius 2 is 0.833 bits per heavy atom. The second-order valence-corrected chi connectivity index (χ2v) is 9.67.